The lowest BCUT2D eigenvalue weighted by molar-refractivity contribution is 0.373. The summed E-state index contributed by atoms with van der Waals surface area (Å²) >= 11 is 1.45. The number of nitrogens with one attached hydrogen (secondary N) is 1. The molecule has 0 atom stereocenters. The van der Waals surface area contributed by atoms with E-state index in [1.807, 2.05) is 0 Å². The standard InChI is InChI=1S/C17H20N6O2S.BrH/c1-17(2,3)14-15(23-10-18-9-20-23)26-16(21-14)22-19-8-11-5-6-12(24)13(7-11)25-4;/h5-10,24H,1-4H3,(H,21,22);1H/b19-8+;. The van der Waals surface area contributed by atoms with E-state index in [-0.39, 0.29) is 28.1 Å². The van der Waals surface area contributed by atoms with E-state index in [9.17, 15) is 5.11 Å². The quantitative estimate of drug-likeness (QED) is 0.451. The molecule has 2 N–H and O–H groups in total. The zero-order chi connectivity index (χ0) is 18.7. The van der Waals surface area contributed by atoms with Crippen molar-refractivity contribution in [3.05, 3.63) is 42.1 Å². The topological polar surface area (TPSA) is 97.5 Å². The van der Waals surface area contributed by atoms with Crippen LogP contribution in [0.5, 0.6) is 11.5 Å². The molecule has 0 aliphatic heterocycles. The van der Waals surface area contributed by atoms with Crippen LogP contribution in [0.3, 0.4) is 0 Å². The minimum absolute atomic E-state index is 0. The third-order valence-corrected chi connectivity index (χ3v) is 4.47. The maximum atomic E-state index is 9.63. The van der Waals surface area contributed by atoms with Crippen molar-refractivity contribution in [1.82, 2.24) is 19.7 Å². The summed E-state index contributed by atoms with van der Waals surface area (Å²) in [6.07, 6.45) is 4.78. The molecule has 144 valence electrons. The molecule has 0 radical (unpaired) electrons. The van der Waals surface area contributed by atoms with Crippen LogP contribution in [-0.4, -0.2) is 38.2 Å². The van der Waals surface area contributed by atoms with E-state index in [0.717, 1.165) is 16.3 Å². The molecule has 0 saturated heterocycles. The van der Waals surface area contributed by atoms with E-state index >= 15 is 0 Å². The zero-order valence-corrected chi connectivity index (χ0v) is 17.9. The summed E-state index contributed by atoms with van der Waals surface area (Å²) in [4.78, 5) is 8.66. The average molecular weight is 453 g/mol. The number of hydrogen-bond donors (Lipinski definition) is 2. The van der Waals surface area contributed by atoms with Gasteiger partial charge in [0.1, 0.15) is 17.7 Å². The largest absolute Gasteiger partial charge is 0.504 e. The highest BCUT2D eigenvalue weighted by atomic mass is 79.9. The Labute approximate surface area is 171 Å². The molecular weight excluding hydrogens is 432 g/mol. The fourth-order valence-electron chi connectivity index (χ4n) is 2.25. The van der Waals surface area contributed by atoms with Crippen molar-refractivity contribution >= 4 is 39.7 Å². The van der Waals surface area contributed by atoms with Crippen LogP contribution in [0.2, 0.25) is 0 Å². The van der Waals surface area contributed by atoms with Crippen LogP contribution in [-0.2, 0) is 5.41 Å². The van der Waals surface area contributed by atoms with E-state index in [1.165, 1.54) is 24.8 Å². The summed E-state index contributed by atoms with van der Waals surface area (Å²) in [5, 5.41) is 19.6. The van der Waals surface area contributed by atoms with Gasteiger partial charge in [0.25, 0.3) is 0 Å². The Morgan fingerprint density at radius 1 is 1.33 bits per heavy atom. The van der Waals surface area contributed by atoms with E-state index in [0.29, 0.717) is 10.9 Å². The van der Waals surface area contributed by atoms with Gasteiger partial charge in [-0.1, -0.05) is 32.1 Å². The average Bonchev–Trinajstić information content (AvgIpc) is 3.25. The second-order valence-corrected chi connectivity index (χ2v) is 7.54. The molecule has 1 aromatic carbocycles. The second-order valence-electron chi connectivity index (χ2n) is 6.56. The minimum atomic E-state index is -0.147. The molecule has 2 aromatic heterocycles. The summed E-state index contributed by atoms with van der Waals surface area (Å²) in [5.41, 5.74) is 4.51. The summed E-state index contributed by atoms with van der Waals surface area (Å²) in [5.74, 6) is 0.483. The van der Waals surface area contributed by atoms with Gasteiger partial charge < -0.3 is 9.84 Å². The Balaban J connectivity index is 0.00000261. The number of halogens is 1. The van der Waals surface area contributed by atoms with Crippen LogP contribution in [0.15, 0.2) is 36.0 Å². The zero-order valence-electron chi connectivity index (χ0n) is 15.4. The molecule has 0 unspecified atom stereocenters. The first-order chi connectivity index (χ1) is 12.4. The fourth-order valence-corrected chi connectivity index (χ4v) is 3.31. The molecule has 10 heteroatoms. The van der Waals surface area contributed by atoms with Crippen LogP contribution in [0.4, 0.5) is 5.13 Å². The maximum absolute atomic E-state index is 9.63. The van der Waals surface area contributed by atoms with Crippen LogP contribution in [0, 0.1) is 0 Å². The van der Waals surface area contributed by atoms with E-state index in [4.69, 9.17) is 4.74 Å². The van der Waals surface area contributed by atoms with Gasteiger partial charge in [-0.2, -0.15) is 10.2 Å². The Kier molecular flexibility index (Phi) is 6.55. The van der Waals surface area contributed by atoms with Crippen molar-refractivity contribution in [2.75, 3.05) is 12.5 Å². The van der Waals surface area contributed by atoms with Gasteiger partial charge in [0.05, 0.1) is 19.0 Å². The lowest BCUT2D eigenvalue weighted by Crippen LogP contribution is -2.15. The number of anilines is 1. The Morgan fingerprint density at radius 2 is 2.11 bits per heavy atom. The van der Waals surface area contributed by atoms with E-state index in [1.54, 1.807) is 35.4 Å². The first-order valence-electron chi connectivity index (χ1n) is 7.91. The summed E-state index contributed by atoms with van der Waals surface area (Å²) in [6.45, 7) is 6.29. The van der Waals surface area contributed by atoms with Gasteiger partial charge >= 0.3 is 0 Å². The summed E-state index contributed by atoms with van der Waals surface area (Å²) in [6, 6.07) is 5.00. The number of nitrogens with zero attached hydrogens (tertiary/aromatic N) is 5. The third kappa shape index (κ3) is 4.83. The van der Waals surface area contributed by atoms with Gasteiger partial charge in [0.15, 0.2) is 11.5 Å². The predicted octanol–water partition coefficient (Wildman–Crippen LogP) is 3.76. The number of methoxy groups -OCH3 is 1. The molecule has 0 aliphatic carbocycles. The number of benzene rings is 1. The molecule has 27 heavy (non-hydrogen) atoms. The Bertz CT molecular complexity index is 918. The van der Waals surface area contributed by atoms with Crippen LogP contribution in [0.1, 0.15) is 32.0 Å². The molecule has 2 heterocycles. The maximum Gasteiger partial charge on any atom is 0.205 e. The minimum Gasteiger partial charge on any atom is -0.504 e. The number of aromatic nitrogens is 4. The molecule has 8 nitrogen and oxygen atoms in total. The van der Waals surface area contributed by atoms with Crippen molar-refractivity contribution in [2.45, 2.75) is 26.2 Å². The smallest absolute Gasteiger partial charge is 0.205 e. The molecule has 0 saturated carbocycles. The first kappa shape index (κ1) is 20.8. The Hall–Kier alpha value is -2.46. The lowest BCUT2D eigenvalue weighted by Gasteiger charge is -2.16. The number of aromatic hydroxyl groups is 1. The van der Waals surface area contributed by atoms with Gasteiger partial charge in [0, 0.05) is 5.41 Å². The normalized spacial score (nSPS) is 11.4. The molecule has 3 aromatic rings. The monoisotopic (exact) mass is 452 g/mol. The highest BCUT2D eigenvalue weighted by Crippen LogP contribution is 2.34. The van der Waals surface area contributed by atoms with Crippen LogP contribution < -0.4 is 10.2 Å². The molecule has 0 aliphatic rings. The van der Waals surface area contributed by atoms with Crippen molar-refractivity contribution in [3.63, 3.8) is 0 Å². The second kappa shape index (κ2) is 8.49. The molecule has 0 spiro atoms. The Morgan fingerprint density at radius 3 is 2.74 bits per heavy atom. The lowest BCUT2D eigenvalue weighted by atomic mass is 9.92. The number of phenols is 1. The van der Waals surface area contributed by atoms with E-state index in [2.05, 4.69) is 46.4 Å². The van der Waals surface area contributed by atoms with Crippen LogP contribution >= 0.6 is 28.3 Å². The SMILES string of the molecule is Br.COc1cc(/C=N/Nc2nc(C(C)(C)C)c(-n3cncn3)s2)ccc1O. The van der Waals surface area contributed by atoms with Crippen molar-refractivity contribution in [3.8, 4) is 16.5 Å². The van der Waals surface area contributed by atoms with Gasteiger partial charge in [-0.25, -0.2) is 14.6 Å². The highest BCUT2D eigenvalue weighted by Gasteiger charge is 2.24. The molecule has 0 bridgehead atoms. The van der Waals surface area contributed by atoms with Crippen molar-refractivity contribution in [1.29, 1.82) is 0 Å². The fraction of sp³-hybridized carbons (Fsp3) is 0.294. The highest BCUT2D eigenvalue weighted by molar-refractivity contribution is 8.93. The van der Waals surface area contributed by atoms with Gasteiger partial charge in [-0.05, 0) is 23.8 Å². The number of phenolic OH excluding ortho intramolecular Hbond substituents is 1. The third-order valence-electron chi connectivity index (χ3n) is 3.52. The van der Waals surface area contributed by atoms with Gasteiger partial charge in [-0.15, -0.1) is 17.0 Å². The molecule has 0 amide bonds. The number of rotatable bonds is 5. The first-order valence-corrected chi connectivity index (χ1v) is 8.72. The van der Waals surface area contributed by atoms with Gasteiger partial charge in [0.2, 0.25) is 5.13 Å². The number of hydrogen-bond acceptors (Lipinski definition) is 8. The van der Waals surface area contributed by atoms with E-state index < -0.39 is 0 Å². The van der Waals surface area contributed by atoms with Crippen molar-refractivity contribution in [2.24, 2.45) is 5.10 Å². The molecule has 0 fully saturated rings. The number of thiazole rings is 1. The molecule has 3 rings (SSSR count). The summed E-state index contributed by atoms with van der Waals surface area (Å²) in [7, 11) is 1.50. The predicted molar refractivity (Wildman–Crippen MR) is 112 cm³/mol. The number of ether oxygens (including phenoxy) is 1. The molecular formula is C17H21BrN6O2S. The summed E-state index contributed by atoms with van der Waals surface area (Å²) < 4.78 is 6.80. The number of hydrazone groups is 1. The van der Waals surface area contributed by atoms with Crippen molar-refractivity contribution < 1.29 is 9.84 Å². The van der Waals surface area contributed by atoms with Gasteiger partial charge in [-0.3, -0.25) is 5.43 Å². The van der Waals surface area contributed by atoms with Crippen LogP contribution in [0.25, 0.3) is 5.00 Å².